The van der Waals surface area contributed by atoms with Crippen LogP contribution in [0.5, 0.6) is 5.75 Å². The third-order valence-electron chi connectivity index (χ3n) is 4.30. The lowest BCUT2D eigenvalue weighted by atomic mass is 10.1. The minimum atomic E-state index is -0.541. The molecule has 1 unspecified atom stereocenters. The van der Waals surface area contributed by atoms with Gasteiger partial charge in [0, 0.05) is 22.8 Å². The zero-order valence-electron chi connectivity index (χ0n) is 14.1. The number of aryl methyl sites for hydroxylation is 1. The topological polar surface area (TPSA) is 58.6 Å². The van der Waals surface area contributed by atoms with Crippen LogP contribution in [0.25, 0.3) is 0 Å². The third-order valence-corrected chi connectivity index (χ3v) is 4.71. The molecule has 0 spiro atoms. The molecule has 3 rings (SSSR count). The molecule has 25 heavy (non-hydrogen) atoms. The molecule has 0 aromatic heterocycles. The van der Waals surface area contributed by atoms with Crippen molar-refractivity contribution in [2.24, 2.45) is 0 Å². The number of anilines is 2. The quantitative estimate of drug-likeness (QED) is 0.904. The van der Waals surface area contributed by atoms with Gasteiger partial charge in [-0.2, -0.15) is 0 Å². The van der Waals surface area contributed by atoms with Crippen LogP contribution in [-0.4, -0.2) is 25.0 Å². The van der Waals surface area contributed by atoms with E-state index in [-0.39, 0.29) is 11.8 Å². The van der Waals surface area contributed by atoms with Crippen LogP contribution in [0.3, 0.4) is 0 Å². The van der Waals surface area contributed by atoms with Gasteiger partial charge in [-0.25, -0.2) is 0 Å². The van der Waals surface area contributed by atoms with Gasteiger partial charge in [0.1, 0.15) is 11.8 Å². The van der Waals surface area contributed by atoms with Gasteiger partial charge in [-0.1, -0.05) is 17.7 Å². The second-order valence-corrected chi connectivity index (χ2v) is 6.38. The first-order chi connectivity index (χ1) is 12.0. The van der Waals surface area contributed by atoms with Crippen molar-refractivity contribution in [2.75, 3.05) is 17.3 Å². The Labute approximate surface area is 151 Å². The Bertz CT molecular complexity index is 805. The van der Waals surface area contributed by atoms with Crippen molar-refractivity contribution < 1.29 is 14.3 Å². The molecule has 2 aromatic rings. The largest absolute Gasteiger partial charge is 0.497 e. The molecule has 1 heterocycles. The molecule has 1 atom stereocenters. The number of nitrogens with one attached hydrogen (secondary N) is 1. The standard InChI is InChI=1S/C19H19ClN2O3/c1-12-3-4-13(11-16(12)20)21-19(24)17-9-10-18(23)22(17)14-5-7-15(25-2)8-6-14/h3-8,11,17H,9-10H2,1-2H3,(H,21,24). The number of amides is 2. The number of nitrogens with zero attached hydrogens (tertiary/aromatic N) is 1. The van der Waals surface area contributed by atoms with E-state index in [1.165, 1.54) is 0 Å². The van der Waals surface area contributed by atoms with Crippen LogP contribution < -0.4 is 15.0 Å². The van der Waals surface area contributed by atoms with Gasteiger partial charge in [0.15, 0.2) is 0 Å². The highest BCUT2D eigenvalue weighted by Gasteiger charge is 2.37. The highest BCUT2D eigenvalue weighted by Crippen LogP contribution is 2.29. The van der Waals surface area contributed by atoms with Crippen LogP contribution in [0.1, 0.15) is 18.4 Å². The number of benzene rings is 2. The van der Waals surface area contributed by atoms with E-state index in [1.54, 1.807) is 48.4 Å². The lowest BCUT2D eigenvalue weighted by Gasteiger charge is -2.24. The number of hydrogen-bond donors (Lipinski definition) is 1. The minimum absolute atomic E-state index is 0.0627. The summed E-state index contributed by atoms with van der Waals surface area (Å²) in [5.41, 5.74) is 2.25. The average molecular weight is 359 g/mol. The lowest BCUT2D eigenvalue weighted by molar-refractivity contribution is -0.120. The van der Waals surface area contributed by atoms with Gasteiger partial charge in [-0.15, -0.1) is 0 Å². The number of hydrogen-bond acceptors (Lipinski definition) is 3. The van der Waals surface area contributed by atoms with E-state index in [0.717, 1.165) is 5.56 Å². The van der Waals surface area contributed by atoms with Gasteiger partial charge in [0.25, 0.3) is 0 Å². The number of rotatable bonds is 4. The average Bonchev–Trinajstić information content (AvgIpc) is 3.00. The monoisotopic (exact) mass is 358 g/mol. The van der Waals surface area contributed by atoms with Crippen molar-refractivity contribution in [1.29, 1.82) is 0 Å². The molecule has 0 aliphatic carbocycles. The van der Waals surface area contributed by atoms with Gasteiger partial charge in [0.05, 0.1) is 7.11 Å². The third kappa shape index (κ3) is 3.61. The lowest BCUT2D eigenvalue weighted by Crippen LogP contribution is -2.41. The van der Waals surface area contributed by atoms with Crippen LogP contribution in [0.2, 0.25) is 5.02 Å². The molecule has 1 aliphatic heterocycles. The fourth-order valence-electron chi connectivity index (χ4n) is 2.89. The van der Waals surface area contributed by atoms with E-state index in [9.17, 15) is 9.59 Å². The van der Waals surface area contributed by atoms with Crippen LogP contribution in [0, 0.1) is 6.92 Å². The van der Waals surface area contributed by atoms with E-state index in [2.05, 4.69) is 5.32 Å². The molecular weight excluding hydrogens is 340 g/mol. The zero-order chi connectivity index (χ0) is 18.0. The van der Waals surface area contributed by atoms with Crippen molar-refractivity contribution in [3.05, 3.63) is 53.1 Å². The summed E-state index contributed by atoms with van der Waals surface area (Å²) in [7, 11) is 1.58. The molecule has 0 radical (unpaired) electrons. The second-order valence-electron chi connectivity index (χ2n) is 5.97. The molecule has 1 N–H and O–H groups in total. The van der Waals surface area contributed by atoms with E-state index >= 15 is 0 Å². The van der Waals surface area contributed by atoms with Crippen molar-refractivity contribution in [1.82, 2.24) is 0 Å². The molecule has 5 nitrogen and oxygen atoms in total. The first kappa shape index (κ1) is 17.3. The molecule has 1 saturated heterocycles. The predicted molar refractivity (Wildman–Crippen MR) is 98.3 cm³/mol. The normalized spacial score (nSPS) is 16.8. The molecule has 130 valence electrons. The van der Waals surface area contributed by atoms with Gasteiger partial charge < -0.3 is 10.1 Å². The molecule has 6 heteroatoms. The minimum Gasteiger partial charge on any atom is -0.497 e. The number of carbonyl (C=O) groups excluding carboxylic acids is 2. The predicted octanol–water partition coefficient (Wildman–Crippen LogP) is 3.79. The molecule has 0 bridgehead atoms. The molecule has 2 aromatic carbocycles. The number of ether oxygens (including phenoxy) is 1. The summed E-state index contributed by atoms with van der Waals surface area (Å²) < 4.78 is 5.14. The van der Waals surface area contributed by atoms with Crippen LogP contribution in [-0.2, 0) is 9.59 Å². The maximum absolute atomic E-state index is 12.7. The highest BCUT2D eigenvalue weighted by molar-refractivity contribution is 6.31. The zero-order valence-corrected chi connectivity index (χ0v) is 14.8. The number of halogens is 1. The molecule has 1 fully saturated rings. The molecule has 0 saturated carbocycles. The Morgan fingerprint density at radius 3 is 2.60 bits per heavy atom. The van der Waals surface area contributed by atoms with Gasteiger partial charge in [0.2, 0.25) is 11.8 Å². The summed E-state index contributed by atoms with van der Waals surface area (Å²) in [5, 5.41) is 3.44. The smallest absolute Gasteiger partial charge is 0.247 e. The molecule has 1 aliphatic rings. The first-order valence-corrected chi connectivity index (χ1v) is 8.40. The van der Waals surface area contributed by atoms with E-state index < -0.39 is 6.04 Å². The van der Waals surface area contributed by atoms with E-state index in [1.807, 2.05) is 13.0 Å². The molecule has 2 amide bonds. The Morgan fingerprint density at radius 1 is 1.24 bits per heavy atom. The van der Waals surface area contributed by atoms with Crippen molar-refractivity contribution in [3.63, 3.8) is 0 Å². The fraction of sp³-hybridized carbons (Fsp3) is 0.263. The summed E-state index contributed by atoms with van der Waals surface area (Å²) in [6.07, 6.45) is 0.828. The van der Waals surface area contributed by atoms with Gasteiger partial charge >= 0.3 is 0 Å². The highest BCUT2D eigenvalue weighted by atomic mass is 35.5. The van der Waals surface area contributed by atoms with E-state index in [4.69, 9.17) is 16.3 Å². The first-order valence-electron chi connectivity index (χ1n) is 8.02. The van der Waals surface area contributed by atoms with Crippen molar-refractivity contribution in [3.8, 4) is 5.75 Å². The number of methoxy groups -OCH3 is 1. The van der Waals surface area contributed by atoms with Crippen molar-refractivity contribution >= 4 is 34.8 Å². The Balaban J connectivity index is 1.80. The number of carbonyl (C=O) groups is 2. The maximum atomic E-state index is 12.7. The summed E-state index contributed by atoms with van der Waals surface area (Å²) in [5.74, 6) is 0.416. The van der Waals surface area contributed by atoms with Crippen LogP contribution in [0.4, 0.5) is 11.4 Å². The van der Waals surface area contributed by atoms with Gasteiger partial charge in [-0.05, 0) is 55.3 Å². The fourth-order valence-corrected chi connectivity index (χ4v) is 3.08. The maximum Gasteiger partial charge on any atom is 0.247 e. The van der Waals surface area contributed by atoms with Crippen molar-refractivity contribution in [2.45, 2.75) is 25.8 Å². The summed E-state index contributed by atoms with van der Waals surface area (Å²) in [6.45, 7) is 1.90. The Hall–Kier alpha value is -2.53. The summed E-state index contributed by atoms with van der Waals surface area (Å²) in [6, 6.07) is 11.9. The summed E-state index contributed by atoms with van der Waals surface area (Å²) in [4.78, 5) is 26.5. The van der Waals surface area contributed by atoms with Gasteiger partial charge in [-0.3, -0.25) is 14.5 Å². The second kappa shape index (κ2) is 7.15. The Morgan fingerprint density at radius 2 is 1.96 bits per heavy atom. The Kier molecular flexibility index (Phi) is 4.95. The molecular formula is C19H19ClN2O3. The summed E-state index contributed by atoms with van der Waals surface area (Å²) >= 11 is 6.11. The van der Waals surface area contributed by atoms with Crippen LogP contribution in [0.15, 0.2) is 42.5 Å². The van der Waals surface area contributed by atoms with Crippen LogP contribution >= 0.6 is 11.6 Å². The van der Waals surface area contributed by atoms with E-state index in [0.29, 0.717) is 35.0 Å². The SMILES string of the molecule is COc1ccc(N2C(=O)CCC2C(=O)Nc2ccc(C)c(Cl)c2)cc1.